The normalized spacial score (nSPS) is 17.3. The standard InChI is InChI=1S/C10H21N3/c1-6-8(2)12-13-9(7-11)10(3,4)5/h7-9,11H,6H2,1-5H3. The molecule has 0 aromatic carbocycles. The highest BCUT2D eigenvalue weighted by Crippen LogP contribution is 2.21. The highest BCUT2D eigenvalue weighted by molar-refractivity contribution is 5.61. The third kappa shape index (κ3) is 4.76. The van der Waals surface area contributed by atoms with Crippen LogP contribution in [0.4, 0.5) is 0 Å². The largest absolute Gasteiger partial charge is 0.311 e. The summed E-state index contributed by atoms with van der Waals surface area (Å²) in [6.45, 7) is 10.3. The van der Waals surface area contributed by atoms with Crippen molar-refractivity contribution in [3.8, 4) is 0 Å². The fourth-order valence-corrected chi connectivity index (χ4v) is 0.724. The van der Waals surface area contributed by atoms with E-state index in [1.54, 1.807) is 0 Å². The lowest BCUT2D eigenvalue weighted by Gasteiger charge is -2.22. The molecule has 0 aromatic rings. The molecule has 0 aliphatic rings. The van der Waals surface area contributed by atoms with Gasteiger partial charge in [0.25, 0.3) is 0 Å². The molecule has 0 amide bonds. The molecule has 0 aromatic heterocycles. The van der Waals surface area contributed by atoms with Crippen LogP contribution in [-0.2, 0) is 0 Å². The Balaban J connectivity index is 4.29. The van der Waals surface area contributed by atoms with E-state index in [0.29, 0.717) is 0 Å². The fraction of sp³-hybridized carbons (Fsp3) is 0.900. The molecular formula is C10H21N3. The van der Waals surface area contributed by atoms with Crippen LogP contribution in [0.3, 0.4) is 0 Å². The van der Waals surface area contributed by atoms with Crippen molar-refractivity contribution >= 4 is 6.21 Å². The van der Waals surface area contributed by atoms with Gasteiger partial charge in [0, 0.05) is 6.21 Å². The number of rotatable bonds is 4. The van der Waals surface area contributed by atoms with Crippen molar-refractivity contribution < 1.29 is 0 Å². The van der Waals surface area contributed by atoms with Crippen molar-refractivity contribution in [3.63, 3.8) is 0 Å². The van der Waals surface area contributed by atoms with E-state index in [4.69, 9.17) is 5.41 Å². The first-order valence-electron chi connectivity index (χ1n) is 4.82. The molecule has 13 heavy (non-hydrogen) atoms. The van der Waals surface area contributed by atoms with Crippen molar-refractivity contribution in [2.75, 3.05) is 0 Å². The molecule has 0 radical (unpaired) electrons. The molecule has 2 atom stereocenters. The average molecular weight is 183 g/mol. The lowest BCUT2D eigenvalue weighted by molar-refractivity contribution is 0.372. The van der Waals surface area contributed by atoms with Gasteiger partial charge in [-0.05, 0) is 18.8 Å². The van der Waals surface area contributed by atoms with E-state index in [2.05, 4.69) is 37.9 Å². The Labute approximate surface area is 81.2 Å². The monoisotopic (exact) mass is 183 g/mol. The number of hydrogen-bond acceptors (Lipinski definition) is 3. The minimum atomic E-state index is -0.0958. The predicted octanol–water partition coefficient (Wildman–Crippen LogP) is 3.30. The molecule has 0 spiro atoms. The second kappa shape index (κ2) is 5.10. The van der Waals surface area contributed by atoms with Gasteiger partial charge in [0.15, 0.2) is 0 Å². The topological polar surface area (TPSA) is 48.6 Å². The van der Waals surface area contributed by atoms with Gasteiger partial charge < -0.3 is 5.41 Å². The first-order valence-corrected chi connectivity index (χ1v) is 4.82. The summed E-state index contributed by atoms with van der Waals surface area (Å²) in [6.07, 6.45) is 2.37. The third-order valence-electron chi connectivity index (χ3n) is 2.02. The molecule has 0 saturated carbocycles. The molecule has 0 heterocycles. The summed E-state index contributed by atoms with van der Waals surface area (Å²) >= 11 is 0. The van der Waals surface area contributed by atoms with Crippen LogP contribution in [0, 0.1) is 10.8 Å². The Morgan fingerprint density at radius 1 is 1.31 bits per heavy atom. The predicted molar refractivity (Wildman–Crippen MR) is 56.6 cm³/mol. The molecule has 76 valence electrons. The van der Waals surface area contributed by atoms with Gasteiger partial charge in [-0.1, -0.05) is 27.7 Å². The quantitative estimate of drug-likeness (QED) is 0.513. The number of nitrogens with one attached hydrogen (secondary N) is 1. The molecule has 2 unspecified atom stereocenters. The number of hydrogen-bond donors (Lipinski definition) is 1. The van der Waals surface area contributed by atoms with Crippen molar-refractivity contribution in [2.24, 2.45) is 15.6 Å². The molecule has 0 rings (SSSR count). The first-order chi connectivity index (χ1) is 5.91. The molecule has 3 heteroatoms. The lowest BCUT2D eigenvalue weighted by atomic mass is 9.88. The summed E-state index contributed by atoms with van der Waals surface area (Å²) in [4.78, 5) is 0. The van der Waals surface area contributed by atoms with Gasteiger partial charge in [0.2, 0.25) is 0 Å². The van der Waals surface area contributed by atoms with Gasteiger partial charge >= 0.3 is 0 Å². The average Bonchev–Trinajstić information content (AvgIpc) is 2.02. The van der Waals surface area contributed by atoms with Crippen LogP contribution in [0.1, 0.15) is 41.0 Å². The van der Waals surface area contributed by atoms with Gasteiger partial charge in [0.1, 0.15) is 6.04 Å². The highest BCUT2D eigenvalue weighted by Gasteiger charge is 2.22. The summed E-state index contributed by atoms with van der Waals surface area (Å²) in [7, 11) is 0. The van der Waals surface area contributed by atoms with Gasteiger partial charge in [0.05, 0.1) is 6.04 Å². The van der Waals surface area contributed by atoms with Gasteiger partial charge in [-0.3, -0.25) is 0 Å². The maximum Gasteiger partial charge on any atom is 0.110 e. The summed E-state index contributed by atoms with van der Waals surface area (Å²) in [5, 5.41) is 15.6. The summed E-state index contributed by atoms with van der Waals surface area (Å²) in [5.41, 5.74) is -0.00128. The van der Waals surface area contributed by atoms with Crippen molar-refractivity contribution in [3.05, 3.63) is 0 Å². The zero-order chi connectivity index (χ0) is 10.5. The highest BCUT2D eigenvalue weighted by atomic mass is 15.1. The van der Waals surface area contributed by atoms with Crippen LogP contribution in [0.5, 0.6) is 0 Å². The van der Waals surface area contributed by atoms with Gasteiger partial charge in [-0.25, -0.2) is 0 Å². The molecule has 0 aliphatic carbocycles. The molecule has 3 nitrogen and oxygen atoms in total. The molecule has 0 bridgehead atoms. The van der Waals surface area contributed by atoms with Crippen LogP contribution in [0.25, 0.3) is 0 Å². The van der Waals surface area contributed by atoms with E-state index in [1.165, 1.54) is 6.21 Å². The van der Waals surface area contributed by atoms with E-state index < -0.39 is 0 Å². The Morgan fingerprint density at radius 2 is 1.85 bits per heavy atom. The Kier molecular flexibility index (Phi) is 4.81. The lowest BCUT2D eigenvalue weighted by Crippen LogP contribution is -2.25. The molecule has 0 aliphatic heterocycles. The molecular weight excluding hydrogens is 162 g/mol. The van der Waals surface area contributed by atoms with Gasteiger partial charge in [-0.15, -0.1) is 0 Å². The number of nitrogens with zero attached hydrogens (tertiary/aromatic N) is 2. The van der Waals surface area contributed by atoms with Crippen LogP contribution in [0.15, 0.2) is 10.2 Å². The van der Waals surface area contributed by atoms with Crippen LogP contribution in [0.2, 0.25) is 0 Å². The van der Waals surface area contributed by atoms with Crippen LogP contribution < -0.4 is 0 Å². The SMILES string of the molecule is CCC(C)N=NC(C=N)C(C)(C)C. The van der Waals surface area contributed by atoms with E-state index in [0.717, 1.165) is 6.42 Å². The first kappa shape index (κ1) is 12.3. The summed E-state index contributed by atoms with van der Waals surface area (Å²) < 4.78 is 0. The fourth-order valence-electron chi connectivity index (χ4n) is 0.724. The second-order valence-corrected chi connectivity index (χ2v) is 4.47. The minimum absolute atomic E-state index is 0.00128. The van der Waals surface area contributed by atoms with Crippen LogP contribution in [-0.4, -0.2) is 18.3 Å². The zero-order valence-corrected chi connectivity index (χ0v) is 9.33. The van der Waals surface area contributed by atoms with Crippen molar-refractivity contribution in [2.45, 2.75) is 53.1 Å². The van der Waals surface area contributed by atoms with E-state index in [9.17, 15) is 0 Å². The Hall–Kier alpha value is -0.730. The number of azo groups is 1. The Bertz CT molecular complexity index is 179. The van der Waals surface area contributed by atoms with E-state index in [1.807, 2.05) is 6.92 Å². The smallest absolute Gasteiger partial charge is 0.110 e. The zero-order valence-electron chi connectivity index (χ0n) is 9.33. The molecule has 0 fully saturated rings. The van der Waals surface area contributed by atoms with E-state index in [-0.39, 0.29) is 17.5 Å². The maximum atomic E-state index is 7.24. The van der Waals surface area contributed by atoms with Crippen molar-refractivity contribution in [1.82, 2.24) is 0 Å². The molecule has 1 N–H and O–H groups in total. The van der Waals surface area contributed by atoms with Gasteiger partial charge in [-0.2, -0.15) is 10.2 Å². The maximum absolute atomic E-state index is 7.24. The van der Waals surface area contributed by atoms with Crippen LogP contribution >= 0.6 is 0 Å². The minimum Gasteiger partial charge on any atom is -0.311 e. The van der Waals surface area contributed by atoms with Crippen molar-refractivity contribution in [1.29, 1.82) is 5.41 Å². The Morgan fingerprint density at radius 3 is 2.15 bits per heavy atom. The van der Waals surface area contributed by atoms with E-state index >= 15 is 0 Å². The third-order valence-corrected chi connectivity index (χ3v) is 2.02. The summed E-state index contributed by atoms with van der Waals surface area (Å²) in [5.74, 6) is 0. The summed E-state index contributed by atoms with van der Waals surface area (Å²) in [6, 6.07) is 0.172. The molecule has 0 saturated heterocycles. The second-order valence-electron chi connectivity index (χ2n) is 4.47.